The van der Waals surface area contributed by atoms with Crippen LogP contribution in [-0.4, -0.2) is 36.0 Å². The Morgan fingerprint density at radius 1 is 1.52 bits per heavy atom. The van der Waals surface area contributed by atoms with Crippen molar-refractivity contribution >= 4 is 28.7 Å². The first-order valence-electron chi connectivity index (χ1n) is 6.86. The number of ether oxygens (including phenoxy) is 2. The van der Waals surface area contributed by atoms with E-state index in [1.165, 1.54) is 13.3 Å². The Hall–Kier alpha value is -2.61. The fraction of sp³-hybridized carbons (Fsp3) is 0.267. The number of benzene rings is 1. The number of rotatable bonds is 6. The number of anilines is 1. The second-order valence-electron chi connectivity index (χ2n) is 4.42. The molecule has 23 heavy (non-hydrogen) atoms. The Morgan fingerprint density at radius 2 is 2.30 bits per heavy atom. The average Bonchev–Trinajstić information content (AvgIpc) is 2.90. The van der Waals surface area contributed by atoms with Crippen LogP contribution in [0.4, 0.5) is 5.13 Å². The predicted octanol–water partition coefficient (Wildman–Crippen LogP) is 2.79. The largest absolute Gasteiger partial charge is 0.504 e. The van der Waals surface area contributed by atoms with E-state index in [9.17, 15) is 9.90 Å². The first-order valence-corrected chi connectivity index (χ1v) is 7.68. The van der Waals surface area contributed by atoms with Crippen molar-refractivity contribution in [2.75, 3.05) is 19.1 Å². The molecule has 0 fully saturated rings. The number of carbonyl (C=O) groups excluding carboxylic acids is 1. The Balaban J connectivity index is 2.09. The van der Waals surface area contributed by atoms with Gasteiger partial charge in [-0.2, -0.15) is 5.10 Å². The molecule has 1 heterocycles. The zero-order valence-electron chi connectivity index (χ0n) is 13.0. The van der Waals surface area contributed by atoms with Crippen molar-refractivity contribution in [1.82, 2.24) is 4.98 Å². The number of nitrogens with zero attached hydrogens (tertiary/aromatic N) is 2. The van der Waals surface area contributed by atoms with Crippen LogP contribution in [0.3, 0.4) is 0 Å². The third-order valence-electron chi connectivity index (χ3n) is 2.87. The summed E-state index contributed by atoms with van der Waals surface area (Å²) in [6.45, 7) is 3.79. The molecule has 0 spiro atoms. The number of aromatic hydroxyl groups is 1. The highest BCUT2D eigenvalue weighted by atomic mass is 32.1. The minimum Gasteiger partial charge on any atom is -0.504 e. The molecule has 0 saturated carbocycles. The summed E-state index contributed by atoms with van der Waals surface area (Å²) in [4.78, 5) is 16.4. The van der Waals surface area contributed by atoms with Crippen molar-refractivity contribution in [3.05, 3.63) is 34.3 Å². The zero-order valence-corrected chi connectivity index (χ0v) is 13.8. The van der Waals surface area contributed by atoms with Gasteiger partial charge in [0, 0.05) is 5.56 Å². The summed E-state index contributed by atoms with van der Waals surface area (Å²) in [5.74, 6) is -0.0308. The van der Waals surface area contributed by atoms with Crippen LogP contribution in [-0.2, 0) is 4.74 Å². The fourth-order valence-electron chi connectivity index (χ4n) is 1.80. The highest BCUT2D eigenvalue weighted by Crippen LogP contribution is 2.28. The molecule has 0 aliphatic heterocycles. The van der Waals surface area contributed by atoms with Gasteiger partial charge in [-0.05, 0) is 26.0 Å². The van der Waals surface area contributed by atoms with E-state index in [1.54, 1.807) is 32.0 Å². The van der Waals surface area contributed by atoms with Gasteiger partial charge >= 0.3 is 5.97 Å². The van der Waals surface area contributed by atoms with Crippen molar-refractivity contribution in [2.45, 2.75) is 13.8 Å². The van der Waals surface area contributed by atoms with Crippen LogP contribution < -0.4 is 10.2 Å². The van der Waals surface area contributed by atoms with Gasteiger partial charge in [0.25, 0.3) is 0 Å². The van der Waals surface area contributed by atoms with E-state index in [4.69, 9.17) is 9.47 Å². The summed E-state index contributed by atoms with van der Waals surface area (Å²) in [5.41, 5.74) is 3.81. The molecule has 0 atom stereocenters. The van der Waals surface area contributed by atoms with Crippen LogP contribution in [0.5, 0.6) is 11.5 Å². The number of esters is 1. The van der Waals surface area contributed by atoms with Gasteiger partial charge in [0.1, 0.15) is 4.88 Å². The summed E-state index contributed by atoms with van der Waals surface area (Å²) >= 11 is 1.16. The minimum absolute atomic E-state index is 0.00285. The average molecular weight is 335 g/mol. The molecule has 122 valence electrons. The monoisotopic (exact) mass is 335 g/mol. The third kappa shape index (κ3) is 3.98. The molecule has 0 radical (unpaired) electrons. The number of phenolic OH excluding ortho intramolecular Hbond substituents is 1. The molecule has 1 aromatic carbocycles. The number of hydrogen-bond donors (Lipinski definition) is 2. The van der Waals surface area contributed by atoms with Crippen molar-refractivity contribution in [3.63, 3.8) is 0 Å². The minimum atomic E-state index is -0.398. The molecule has 8 heteroatoms. The number of hydrazone groups is 1. The quantitative estimate of drug-likeness (QED) is 0.479. The maximum Gasteiger partial charge on any atom is 0.350 e. The molecule has 1 aromatic heterocycles. The van der Waals surface area contributed by atoms with Crippen LogP contribution in [0.15, 0.2) is 23.3 Å². The SMILES string of the molecule is CCOC(=O)c1sc(N/N=C\c2cccc(OC)c2O)nc1C. The van der Waals surface area contributed by atoms with Crippen molar-refractivity contribution in [1.29, 1.82) is 0 Å². The highest BCUT2D eigenvalue weighted by molar-refractivity contribution is 7.17. The van der Waals surface area contributed by atoms with Gasteiger partial charge in [-0.15, -0.1) is 0 Å². The molecule has 7 nitrogen and oxygen atoms in total. The van der Waals surface area contributed by atoms with E-state index in [0.29, 0.717) is 33.6 Å². The number of thiazole rings is 1. The second kappa shape index (κ2) is 7.59. The fourth-order valence-corrected chi connectivity index (χ4v) is 2.61. The van der Waals surface area contributed by atoms with Crippen LogP contribution >= 0.6 is 11.3 Å². The van der Waals surface area contributed by atoms with Gasteiger partial charge < -0.3 is 14.6 Å². The predicted molar refractivity (Wildman–Crippen MR) is 88.7 cm³/mol. The van der Waals surface area contributed by atoms with Gasteiger partial charge in [0.05, 0.1) is 25.6 Å². The first-order chi connectivity index (χ1) is 11.1. The lowest BCUT2D eigenvalue weighted by molar-refractivity contribution is 0.0531. The highest BCUT2D eigenvalue weighted by Gasteiger charge is 2.16. The number of phenols is 1. The Labute approximate surface area is 137 Å². The number of hydrogen-bond acceptors (Lipinski definition) is 8. The number of aryl methyl sites for hydroxylation is 1. The number of aromatic nitrogens is 1. The standard InChI is InChI=1S/C15H17N3O4S/c1-4-22-14(20)13-9(2)17-15(23-13)18-16-8-10-6-5-7-11(21-3)12(10)19/h5-8,19H,4H2,1-3H3,(H,17,18)/b16-8-. The topological polar surface area (TPSA) is 93.0 Å². The summed E-state index contributed by atoms with van der Waals surface area (Å²) < 4.78 is 9.98. The first kappa shape index (κ1) is 16.8. The number of para-hydroxylation sites is 1. The lowest BCUT2D eigenvalue weighted by atomic mass is 10.2. The van der Waals surface area contributed by atoms with Crippen LogP contribution in [0.1, 0.15) is 27.9 Å². The van der Waals surface area contributed by atoms with E-state index in [0.717, 1.165) is 11.3 Å². The second-order valence-corrected chi connectivity index (χ2v) is 5.42. The molecule has 0 aliphatic rings. The Kier molecular flexibility index (Phi) is 5.53. The molecule has 0 unspecified atom stereocenters. The molecular formula is C15H17N3O4S. The molecule has 2 aromatic rings. The van der Waals surface area contributed by atoms with Crippen LogP contribution in [0.25, 0.3) is 0 Å². The normalized spacial score (nSPS) is 10.7. The van der Waals surface area contributed by atoms with Gasteiger partial charge in [-0.3, -0.25) is 5.43 Å². The van der Waals surface area contributed by atoms with Gasteiger partial charge in [-0.25, -0.2) is 9.78 Å². The molecule has 2 N–H and O–H groups in total. The Bertz CT molecular complexity index is 728. The molecule has 0 bridgehead atoms. The van der Waals surface area contributed by atoms with E-state index in [1.807, 2.05) is 0 Å². The number of methoxy groups -OCH3 is 1. The maximum atomic E-state index is 11.7. The summed E-state index contributed by atoms with van der Waals surface area (Å²) in [7, 11) is 1.48. The van der Waals surface area contributed by atoms with Crippen molar-refractivity contribution in [2.24, 2.45) is 5.10 Å². The van der Waals surface area contributed by atoms with E-state index >= 15 is 0 Å². The molecule has 2 rings (SSSR count). The lowest BCUT2D eigenvalue weighted by Gasteiger charge is -2.04. The van der Waals surface area contributed by atoms with E-state index in [-0.39, 0.29) is 5.75 Å². The molecule has 0 aliphatic carbocycles. The maximum absolute atomic E-state index is 11.7. The van der Waals surface area contributed by atoms with Gasteiger partial charge in [0.15, 0.2) is 11.5 Å². The molecular weight excluding hydrogens is 318 g/mol. The van der Waals surface area contributed by atoms with E-state index < -0.39 is 5.97 Å². The van der Waals surface area contributed by atoms with Crippen LogP contribution in [0.2, 0.25) is 0 Å². The Morgan fingerprint density at radius 3 is 3.00 bits per heavy atom. The molecule has 0 saturated heterocycles. The van der Waals surface area contributed by atoms with Crippen molar-refractivity contribution in [3.8, 4) is 11.5 Å². The smallest absolute Gasteiger partial charge is 0.350 e. The van der Waals surface area contributed by atoms with Gasteiger partial charge in [-0.1, -0.05) is 17.4 Å². The number of carbonyl (C=O) groups is 1. The lowest BCUT2D eigenvalue weighted by Crippen LogP contribution is -2.03. The van der Waals surface area contributed by atoms with Crippen molar-refractivity contribution < 1.29 is 19.4 Å². The number of nitrogens with one attached hydrogen (secondary N) is 1. The molecule has 0 amide bonds. The summed E-state index contributed by atoms with van der Waals surface area (Å²) in [6, 6.07) is 5.09. The van der Waals surface area contributed by atoms with E-state index in [2.05, 4.69) is 15.5 Å². The third-order valence-corrected chi connectivity index (χ3v) is 3.91. The van der Waals surface area contributed by atoms with Crippen LogP contribution in [0, 0.1) is 6.92 Å². The zero-order chi connectivity index (χ0) is 16.8. The summed E-state index contributed by atoms with van der Waals surface area (Å²) in [6.07, 6.45) is 1.44. The van der Waals surface area contributed by atoms with Gasteiger partial charge in [0.2, 0.25) is 5.13 Å². The summed E-state index contributed by atoms with van der Waals surface area (Å²) in [5, 5.41) is 14.4.